The first-order chi connectivity index (χ1) is 15.6. The molecule has 0 aliphatic rings. The zero-order valence-electron chi connectivity index (χ0n) is 18.0. The number of hydrogen-bond acceptors (Lipinski definition) is 7. The summed E-state index contributed by atoms with van der Waals surface area (Å²) in [5.41, 5.74) is 2.22. The lowest BCUT2D eigenvalue weighted by molar-refractivity contribution is -0.137. The minimum Gasteiger partial charge on any atom is -0.408 e. The zero-order chi connectivity index (χ0) is 23.8. The second-order valence-electron chi connectivity index (χ2n) is 7.55. The van der Waals surface area contributed by atoms with Crippen LogP contribution in [-0.4, -0.2) is 22.0 Å². The summed E-state index contributed by atoms with van der Waals surface area (Å²) in [4.78, 5) is 22.5. The van der Waals surface area contributed by atoms with E-state index < -0.39 is 17.5 Å². The summed E-state index contributed by atoms with van der Waals surface area (Å²) in [6, 6.07) is 8.51. The number of rotatable bonds is 6. The van der Waals surface area contributed by atoms with Crippen molar-refractivity contribution < 1.29 is 17.6 Å². The molecule has 0 aliphatic heterocycles. The van der Waals surface area contributed by atoms with Gasteiger partial charge in [-0.3, -0.25) is 4.98 Å². The molecule has 33 heavy (non-hydrogen) atoms. The summed E-state index contributed by atoms with van der Waals surface area (Å²) in [6.07, 6.45) is -2.94. The predicted molar refractivity (Wildman–Crippen MR) is 119 cm³/mol. The van der Waals surface area contributed by atoms with Crippen LogP contribution in [0.1, 0.15) is 29.7 Å². The van der Waals surface area contributed by atoms with Crippen LogP contribution in [0.5, 0.6) is 0 Å². The van der Waals surface area contributed by atoms with Gasteiger partial charge in [-0.2, -0.15) is 18.2 Å². The third kappa shape index (κ3) is 4.98. The molecular formula is C22H21F3N6O2. The van der Waals surface area contributed by atoms with Crippen LogP contribution in [0.4, 0.5) is 36.3 Å². The molecule has 2 aromatic carbocycles. The number of aryl methyl sites for hydroxylation is 1. The maximum Gasteiger partial charge on any atom is 0.417 e. The average Bonchev–Trinajstić information content (AvgIpc) is 3.14. The quantitative estimate of drug-likeness (QED) is 0.322. The molecule has 8 nitrogen and oxygen atoms in total. The van der Waals surface area contributed by atoms with Crippen molar-refractivity contribution in [1.29, 1.82) is 0 Å². The van der Waals surface area contributed by atoms with E-state index in [1.54, 1.807) is 51.4 Å². The molecule has 11 heteroatoms. The van der Waals surface area contributed by atoms with Crippen molar-refractivity contribution in [1.82, 2.24) is 20.3 Å². The van der Waals surface area contributed by atoms with E-state index in [2.05, 4.69) is 30.9 Å². The fraction of sp³-hybridized carbons (Fsp3) is 0.227. The van der Waals surface area contributed by atoms with Crippen molar-refractivity contribution >= 4 is 34.2 Å². The Balaban J connectivity index is 1.64. The molecule has 0 fully saturated rings. The van der Waals surface area contributed by atoms with Crippen molar-refractivity contribution in [3.8, 4) is 0 Å². The van der Waals surface area contributed by atoms with E-state index in [-0.39, 0.29) is 17.7 Å². The second-order valence-corrected chi connectivity index (χ2v) is 7.55. The van der Waals surface area contributed by atoms with Gasteiger partial charge in [0.2, 0.25) is 5.95 Å². The number of benzene rings is 2. The lowest BCUT2D eigenvalue weighted by Gasteiger charge is -2.17. The third-order valence-electron chi connectivity index (χ3n) is 5.13. The van der Waals surface area contributed by atoms with E-state index in [1.165, 1.54) is 0 Å². The number of nitrogens with one attached hydrogen (secondary N) is 4. The molecule has 0 amide bonds. The van der Waals surface area contributed by atoms with E-state index in [1.807, 2.05) is 0 Å². The first kappa shape index (κ1) is 22.3. The van der Waals surface area contributed by atoms with Crippen LogP contribution in [0.2, 0.25) is 0 Å². The summed E-state index contributed by atoms with van der Waals surface area (Å²) in [5, 5.41) is 8.94. The number of H-pyrrole nitrogens is 1. The summed E-state index contributed by atoms with van der Waals surface area (Å²) in [7, 11) is 1.68. The molecule has 0 spiro atoms. The molecule has 2 aromatic heterocycles. The molecule has 0 aliphatic carbocycles. The normalized spacial score (nSPS) is 12.7. The van der Waals surface area contributed by atoms with E-state index in [4.69, 9.17) is 4.42 Å². The Morgan fingerprint density at radius 3 is 2.61 bits per heavy atom. The van der Waals surface area contributed by atoms with Gasteiger partial charge in [0.25, 0.3) is 0 Å². The van der Waals surface area contributed by atoms with Gasteiger partial charge in [-0.05, 0) is 62.9 Å². The number of fused-ring (bicyclic) bond motifs is 1. The molecule has 2 heterocycles. The summed E-state index contributed by atoms with van der Waals surface area (Å²) in [5.74, 6) is 0.0247. The van der Waals surface area contributed by atoms with Crippen LogP contribution in [0.3, 0.4) is 0 Å². The molecule has 1 atom stereocenters. The van der Waals surface area contributed by atoms with E-state index in [0.717, 1.165) is 17.7 Å². The van der Waals surface area contributed by atoms with Gasteiger partial charge < -0.3 is 20.4 Å². The molecule has 0 bridgehead atoms. The average molecular weight is 458 g/mol. The highest BCUT2D eigenvalue weighted by molar-refractivity contribution is 5.78. The number of nitrogens with zero attached hydrogens (tertiary/aromatic N) is 2. The molecule has 0 saturated heterocycles. The number of anilines is 4. The largest absolute Gasteiger partial charge is 0.417 e. The van der Waals surface area contributed by atoms with Gasteiger partial charge >= 0.3 is 11.9 Å². The van der Waals surface area contributed by atoms with Crippen LogP contribution in [0.15, 0.2) is 51.8 Å². The van der Waals surface area contributed by atoms with Crippen LogP contribution in [0, 0.1) is 6.92 Å². The molecule has 4 aromatic rings. The first-order valence-electron chi connectivity index (χ1n) is 10.0. The van der Waals surface area contributed by atoms with Crippen molar-refractivity contribution in [3.63, 3.8) is 0 Å². The molecule has 4 N–H and O–H groups in total. The Morgan fingerprint density at radius 1 is 1.09 bits per heavy atom. The minimum atomic E-state index is -4.49. The number of aromatic amines is 1. The Labute approximate surface area is 186 Å². The molecule has 0 saturated carbocycles. The number of alkyl halides is 3. The lowest BCUT2D eigenvalue weighted by atomic mass is 10.0. The van der Waals surface area contributed by atoms with Gasteiger partial charge in [0, 0.05) is 29.2 Å². The summed E-state index contributed by atoms with van der Waals surface area (Å²) < 4.78 is 45.2. The van der Waals surface area contributed by atoms with Crippen molar-refractivity contribution in [2.75, 3.05) is 17.7 Å². The lowest BCUT2D eigenvalue weighted by Crippen LogP contribution is -2.15. The minimum absolute atomic E-state index is 0.128. The van der Waals surface area contributed by atoms with Gasteiger partial charge in [0.05, 0.1) is 11.1 Å². The summed E-state index contributed by atoms with van der Waals surface area (Å²) in [6.45, 7) is 3.56. The number of hydrogen-bond donors (Lipinski definition) is 4. The van der Waals surface area contributed by atoms with Gasteiger partial charge in [-0.25, -0.2) is 9.78 Å². The fourth-order valence-electron chi connectivity index (χ4n) is 3.23. The zero-order valence-corrected chi connectivity index (χ0v) is 18.0. The Bertz CT molecular complexity index is 1360. The van der Waals surface area contributed by atoms with Crippen LogP contribution in [-0.2, 0) is 6.18 Å². The SMILES string of the molecule is CNC(C)c1cc(Nc2ncc(C)c(Nc3ccc4oc(=O)[nH]c4c3)n2)cc(C(F)(F)F)c1. The topological polar surface area (TPSA) is 108 Å². The van der Waals surface area contributed by atoms with Gasteiger partial charge in [-0.1, -0.05) is 0 Å². The van der Waals surface area contributed by atoms with Gasteiger partial charge in [-0.15, -0.1) is 0 Å². The third-order valence-corrected chi connectivity index (χ3v) is 5.13. The molecule has 1 unspecified atom stereocenters. The van der Waals surface area contributed by atoms with Crippen molar-refractivity contribution in [2.45, 2.75) is 26.1 Å². The van der Waals surface area contributed by atoms with E-state index >= 15 is 0 Å². The Kier molecular flexibility index (Phi) is 5.81. The van der Waals surface area contributed by atoms with Gasteiger partial charge in [0.1, 0.15) is 5.82 Å². The number of aromatic nitrogens is 3. The monoisotopic (exact) mass is 458 g/mol. The van der Waals surface area contributed by atoms with E-state index in [9.17, 15) is 18.0 Å². The smallest absolute Gasteiger partial charge is 0.408 e. The maximum absolute atomic E-state index is 13.4. The van der Waals surface area contributed by atoms with Crippen molar-refractivity contribution in [2.24, 2.45) is 0 Å². The molecule has 172 valence electrons. The maximum atomic E-state index is 13.4. The number of oxazole rings is 1. The van der Waals surface area contributed by atoms with Crippen LogP contribution >= 0.6 is 0 Å². The highest BCUT2D eigenvalue weighted by atomic mass is 19.4. The second kappa shape index (κ2) is 8.58. The fourth-order valence-corrected chi connectivity index (χ4v) is 3.23. The van der Waals surface area contributed by atoms with Crippen LogP contribution in [0.25, 0.3) is 11.1 Å². The predicted octanol–water partition coefficient (Wildman–Crippen LogP) is 5.01. The van der Waals surface area contributed by atoms with Crippen LogP contribution < -0.4 is 21.7 Å². The van der Waals surface area contributed by atoms with E-state index in [0.29, 0.717) is 28.2 Å². The van der Waals surface area contributed by atoms with Gasteiger partial charge in [0.15, 0.2) is 5.58 Å². The Morgan fingerprint density at radius 2 is 1.88 bits per heavy atom. The summed E-state index contributed by atoms with van der Waals surface area (Å²) >= 11 is 0. The van der Waals surface area contributed by atoms with Crippen molar-refractivity contribution in [3.05, 3.63) is 69.8 Å². The highest BCUT2D eigenvalue weighted by Crippen LogP contribution is 2.34. The standard InChI is InChI=1S/C22H21F3N6O2/c1-11-10-27-20(29-16-7-13(12(2)26-3)6-14(8-16)22(23,24)25)31-19(11)28-15-4-5-18-17(9-15)30-21(32)33-18/h4-10,12,26H,1-3H3,(H,30,32)(H2,27,28,29,31). The number of halogens is 3. The highest BCUT2D eigenvalue weighted by Gasteiger charge is 2.31. The molecule has 0 radical (unpaired) electrons. The first-order valence-corrected chi connectivity index (χ1v) is 10.0. The Hall–Kier alpha value is -3.86. The molecular weight excluding hydrogens is 437 g/mol. The molecule has 4 rings (SSSR count).